The molecule has 0 aliphatic heterocycles. The van der Waals surface area contributed by atoms with Gasteiger partial charge in [0.15, 0.2) is 0 Å². The molecule has 0 saturated heterocycles. The Kier molecular flexibility index (Phi) is 3.43. The first-order valence-corrected chi connectivity index (χ1v) is 5.35. The molecular weight excluding hydrogens is 230 g/mol. The van der Waals surface area contributed by atoms with Crippen LogP contribution in [0.2, 0.25) is 0 Å². The number of amides is 1. The van der Waals surface area contributed by atoms with Gasteiger partial charge in [0.2, 0.25) is 0 Å². The molecule has 0 unspecified atom stereocenters. The highest BCUT2D eigenvalue weighted by atomic mass is 16.5. The van der Waals surface area contributed by atoms with Crippen molar-refractivity contribution in [3.63, 3.8) is 0 Å². The molecule has 0 aliphatic rings. The van der Waals surface area contributed by atoms with E-state index < -0.39 is 0 Å². The van der Waals surface area contributed by atoms with Crippen LogP contribution in [0.5, 0.6) is 5.75 Å². The Labute approximate surface area is 105 Å². The topological polar surface area (TPSA) is 77.2 Å². The molecule has 5 heteroatoms. The van der Waals surface area contributed by atoms with Crippen molar-refractivity contribution < 1.29 is 9.53 Å². The summed E-state index contributed by atoms with van der Waals surface area (Å²) in [6.07, 6.45) is 3.04. The van der Waals surface area contributed by atoms with Gasteiger partial charge in [-0.1, -0.05) is 0 Å². The van der Waals surface area contributed by atoms with E-state index in [4.69, 9.17) is 10.5 Å². The Bertz CT molecular complexity index is 552. The molecule has 0 aliphatic carbocycles. The summed E-state index contributed by atoms with van der Waals surface area (Å²) < 4.78 is 5.08. The third-order valence-electron chi connectivity index (χ3n) is 2.42. The number of carbonyl (C=O) groups is 1. The second-order valence-electron chi connectivity index (χ2n) is 3.65. The predicted octanol–water partition coefficient (Wildman–Crippen LogP) is 1.92. The molecule has 1 aromatic heterocycles. The molecule has 92 valence electrons. The maximum Gasteiger partial charge on any atom is 0.259 e. The lowest BCUT2D eigenvalue weighted by Gasteiger charge is -2.08. The highest BCUT2D eigenvalue weighted by Gasteiger charge is 2.11. The van der Waals surface area contributed by atoms with E-state index >= 15 is 0 Å². The van der Waals surface area contributed by atoms with Crippen molar-refractivity contribution in [2.24, 2.45) is 0 Å². The largest absolute Gasteiger partial charge is 0.494 e. The van der Waals surface area contributed by atoms with Gasteiger partial charge in [-0.25, -0.2) is 0 Å². The summed E-state index contributed by atoms with van der Waals surface area (Å²) in [4.78, 5) is 15.9. The third-order valence-corrected chi connectivity index (χ3v) is 2.42. The minimum atomic E-state index is -0.251. The van der Waals surface area contributed by atoms with Crippen molar-refractivity contribution >= 4 is 17.3 Å². The number of anilines is 2. The number of nitrogens with zero attached hydrogens (tertiary/aromatic N) is 1. The van der Waals surface area contributed by atoms with Crippen LogP contribution in [0.15, 0.2) is 42.7 Å². The Hall–Kier alpha value is -2.56. The normalized spacial score (nSPS) is 9.83. The number of rotatable bonds is 3. The smallest absolute Gasteiger partial charge is 0.259 e. The Morgan fingerprint density at radius 3 is 2.67 bits per heavy atom. The minimum absolute atomic E-state index is 0.251. The second kappa shape index (κ2) is 5.18. The number of methoxy groups -OCH3 is 1. The third kappa shape index (κ3) is 2.57. The fraction of sp³-hybridized carbons (Fsp3) is 0.0769. The van der Waals surface area contributed by atoms with Crippen molar-refractivity contribution in [2.45, 2.75) is 0 Å². The fourth-order valence-electron chi connectivity index (χ4n) is 1.50. The van der Waals surface area contributed by atoms with Crippen LogP contribution in [0.25, 0.3) is 0 Å². The van der Waals surface area contributed by atoms with E-state index in [-0.39, 0.29) is 5.91 Å². The van der Waals surface area contributed by atoms with Gasteiger partial charge < -0.3 is 15.8 Å². The molecule has 1 aromatic carbocycles. The summed E-state index contributed by atoms with van der Waals surface area (Å²) in [5.41, 5.74) is 7.33. The van der Waals surface area contributed by atoms with E-state index in [1.807, 2.05) is 0 Å². The molecule has 3 N–H and O–H groups in total. The molecule has 0 radical (unpaired) electrons. The average molecular weight is 243 g/mol. The number of ether oxygens (including phenoxy) is 1. The molecule has 1 heterocycles. The van der Waals surface area contributed by atoms with Crippen LogP contribution in [0, 0.1) is 0 Å². The first-order valence-electron chi connectivity index (χ1n) is 5.35. The van der Waals surface area contributed by atoms with Crippen LogP contribution in [0.3, 0.4) is 0 Å². The van der Waals surface area contributed by atoms with Crippen molar-refractivity contribution in [2.75, 3.05) is 18.2 Å². The van der Waals surface area contributed by atoms with E-state index in [1.165, 1.54) is 13.3 Å². The number of nitrogens with two attached hydrogens (primary N) is 1. The summed E-state index contributed by atoms with van der Waals surface area (Å²) in [7, 11) is 1.50. The van der Waals surface area contributed by atoms with Gasteiger partial charge in [0, 0.05) is 17.6 Å². The summed E-state index contributed by atoms with van der Waals surface area (Å²) >= 11 is 0. The standard InChI is InChI=1S/C13H13N3O2/c1-18-12-8-15-7-6-11(12)13(17)16-10-4-2-9(14)3-5-10/h2-8H,14H2,1H3,(H,16,17). The average Bonchev–Trinajstić information content (AvgIpc) is 2.41. The number of pyridine rings is 1. The van der Waals surface area contributed by atoms with Gasteiger partial charge in [0.25, 0.3) is 5.91 Å². The maximum absolute atomic E-state index is 12.0. The van der Waals surface area contributed by atoms with Crippen molar-refractivity contribution in [3.05, 3.63) is 48.3 Å². The van der Waals surface area contributed by atoms with Gasteiger partial charge in [-0.15, -0.1) is 0 Å². The van der Waals surface area contributed by atoms with E-state index in [9.17, 15) is 4.79 Å². The lowest BCUT2D eigenvalue weighted by molar-refractivity contribution is 0.102. The number of nitrogens with one attached hydrogen (secondary N) is 1. The van der Waals surface area contributed by atoms with E-state index in [0.717, 1.165) is 0 Å². The zero-order valence-electron chi connectivity index (χ0n) is 9.88. The van der Waals surface area contributed by atoms with Crippen molar-refractivity contribution in [1.29, 1.82) is 0 Å². The summed E-state index contributed by atoms with van der Waals surface area (Å²) in [5.74, 6) is 0.185. The maximum atomic E-state index is 12.0. The molecule has 1 amide bonds. The van der Waals surface area contributed by atoms with Gasteiger partial charge in [0.05, 0.1) is 18.9 Å². The van der Waals surface area contributed by atoms with Crippen molar-refractivity contribution in [3.8, 4) is 5.75 Å². The molecule has 0 fully saturated rings. The van der Waals surface area contributed by atoms with E-state index in [2.05, 4.69) is 10.3 Å². The summed E-state index contributed by atoms with van der Waals surface area (Å²) in [6.45, 7) is 0. The number of hydrogen-bond acceptors (Lipinski definition) is 4. The Morgan fingerprint density at radius 1 is 1.28 bits per heavy atom. The predicted molar refractivity (Wildman–Crippen MR) is 69.6 cm³/mol. The van der Waals surface area contributed by atoms with Gasteiger partial charge >= 0.3 is 0 Å². The van der Waals surface area contributed by atoms with Gasteiger partial charge in [-0.3, -0.25) is 9.78 Å². The quantitative estimate of drug-likeness (QED) is 0.807. The molecule has 0 saturated carbocycles. The molecule has 0 bridgehead atoms. The first kappa shape index (κ1) is 11.9. The molecular formula is C13H13N3O2. The van der Waals surface area contributed by atoms with Crippen LogP contribution in [-0.4, -0.2) is 18.0 Å². The lowest BCUT2D eigenvalue weighted by Crippen LogP contribution is -2.13. The van der Waals surface area contributed by atoms with Crippen LogP contribution < -0.4 is 15.8 Å². The van der Waals surface area contributed by atoms with Crippen LogP contribution >= 0.6 is 0 Å². The SMILES string of the molecule is COc1cnccc1C(=O)Nc1ccc(N)cc1. The lowest BCUT2D eigenvalue weighted by atomic mass is 10.2. The summed E-state index contributed by atoms with van der Waals surface area (Å²) in [5, 5.41) is 2.76. The number of benzene rings is 1. The van der Waals surface area contributed by atoms with Gasteiger partial charge in [-0.05, 0) is 30.3 Å². The van der Waals surface area contributed by atoms with Crippen LogP contribution in [-0.2, 0) is 0 Å². The van der Waals surface area contributed by atoms with Crippen LogP contribution in [0.4, 0.5) is 11.4 Å². The van der Waals surface area contributed by atoms with Crippen LogP contribution in [0.1, 0.15) is 10.4 Å². The molecule has 0 atom stereocenters. The molecule has 0 spiro atoms. The first-order chi connectivity index (χ1) is 8.70. The van der Waals surface area contributed by atoms with Gasteiger partial charge in [-0.2, -0.15) is 0 Å². The molecule has 2 rings (SSSR count). The molecule has 18 heavy (non-hydrogen) atoms. The number of nitrogen functional groups attached to an aromatic ring is 1. The zero-order chi connectivity index (χ0) is 13.0. The van der Waals surface area contributed by atoms with E-state index in [0.29, 0.717) is 22.7 Å². The Balaban J connectivity index is 2.19. The fourth-order valence-corrected chi connectivity index (χ4v) is 1.50. The highest BCUT2D eigenvalue weighted by Crippen LogP contribution is 2.18. The Morgan fingerprint density at radius 2 is 2.00 bits per heavy atom. The summed E-state index contributed by atoms with van der Waals surface area (Å²) in [6, 6.07) is 8.52. The zero-order valence-corrected chi connectivity index (χ0v) is 9.88. The minimum Gasteiger partial charge on any atom is -0.494 e. The van der Waals surface area contributed by atoms with Gasteiger partial charge in [0.1, 0.15) is 5.75 Å². The number of aromatic nitrogens is 1. The monoisotopic (exact) mass is 243 g/mol. The molecule has 2 aromatic rings. The van der Waals surface area contributed by atoms with Crippen molar-refractivity contribution in [1.82, 2.24) is 4.98 Å². The molecule has 5 nitrogen and oxygen atoms in total. The number of carbonyl (C=O) groups excluding carboxylic acids is 1. The van der Waals surface area contributed by atoms with E-state index in [1.54, 1.807) is 36.5 Å². The highest BCUT2D eigenvalue weighted by molar-refractivity contribution is 6.06. The second-order valence-corrected chi connectivity index (χ2v) is 3.65. The number of hydrogen-bond donors (Lipinski definition) is 2.